The normalized spacial score (nSPS) is 11.2. The van der Waals surface area contributed by atoms with Gasteiger partial charge in [-0.2, -0.15) is 0 Å². The number of rotatable bonds is 5. The predicted molar refractivity (Wildman–Crippen MR) is 75.2 cm³/mol. The summed E-state index contributed by atoms with van der Waals surface area (Å²) in [5, 5.41) is 12.7. The summed E-state index contributed by atoms with van der Waals surface area (Å²) in [5.41, 5.74) is -0.563. The maximum atomic E-state index is 11.8. The van der Waals surface area contributed by atoms with E-state index in [0.29, 0.717) is 0 Å². The third kappa shape index (κ3) is 4.62. The Labute approximate surface area is 124 Å². The average molecular weight is 341 g/mol. The molecule has 1 amide bonds. The minimum atomic E-state index is -3.22. The lowest BCUT2D eigenvalue weighted by atomic mass is 10.2. The monoisotopic (exact) mass is 340 g/mol. The van der Waals surface area contributed by atoms with Crippen molar-refractivity contribution in [1.29, 1.82) is 0 Å². The number of carbonyl (C=O) groups is 1. The second kappa shape index (κ2) is 6.38. The van der Waals surface area contributed by atoms with Crippen LogP contribution in [0.25, 0.3) is 0 Å². The minimum Gasteiger partial charge on any atom is -0.351 e. The van der Waals surface area contributed by atoms with E-state index >= 15 is 0 Å². The van der Waals surface area contributed by atoms with Crippen LogP contribution < -0.4 is 5.32 Å². The molecule has 0 aliphatic heterocycles. The second-order valence-electron chi connectivity index (χ2n) is 3.93. The van der Waals surface area contributed by atoms with E-state index in [1.807, 2.05) is 0 Å². The number of nitro groups is 1. The standard InChI is InChI=1S/C10H10Cl2N2O5S/c1-20(18,19)3-2-13-10(15)7-4-6(14(16)17)5-8(11)9(7)12/h4-5H,2-3H2,1H3,(H,13,15). The highest BCUT2D eigenvalue weighted by Crippen LogP contribution is 2.30. The summed E-state index contributed by atoms with van der Waals surface area (Å²) in [6, 6.07) is 2.00. The van der Waals surface area contributed by atoms with Gasteiger partial charge in [-0.3, -0.25) is 14.9 Å². The van der Waals surface area contributed by atoms with E-state index in [1.165, 1.54) is 0 Å². The van der Waals surface area contributed by atoms with Crippen LogP contribution in [0.5, 0.6) is 0 Å². The Hall–Kier alpha value is -1.38. The first kappa shape index (κ1) is 16.7. The van der Waals surface area contributed by atoms with Crippen LogP contribution in [0.15, 0.2) is 12.1 Å². The molecule has 0 unspecified atom stereocenters. The van der Waals surface area contributed by atoms with Crippen molar-refractivity contribution in [3.8, 4) is 0 Å². The third-order valence-corrected chi connectivity index (χ3v) is 3.97. The molecule has 1 rings (SSSR count). The highest BCUT2D eigenvalue weighted by molar-refractivity contribution is 7.90. The van der Waals surface area contributed by atoms with Gasteiger partial charge in [0.05, 0.1) is 26.3 Å². The van der Waals surface area contributed by atoms with Gasteiger partial charge in [0.1, 0.15) is 9.84 Å². The lowest BCUT2D eigenvalue weighted by Gasteiger charge is -2.07. The largest absolute Gasteiger partial charge is 0.351 e. The molecule has 0 radical (unpaired) electrons. The molecule has 7 nitrogen and oxygen atoms in total. The number of hydrogen-bond acceptors (Lipinski definition) is 5. The van der Waals surface area contributed by atoms with Gasteiger partial charge in [-0.25, -0.2) is 8.42 Å². The lowest BCUT2D eigenvalue weighted by Crippen LogP contribution is -2.29. The Kier molecular flexibility index (Phi) is 5.32. The SMILES string of the molecule is CS(=O)(=O)CCNC(=O)c1cc([N+](=O)[O-])cc(Cl)c1Cl. The summed E-state index contributed by atoms with van der Waals surface area (Å²) in [5.74, 6) is -0.983. The number of sulfone groups is 1. The average Bonchev–Trinajstić information content (AvgIpc) is 2.30. The molecule has 0 aromatic heterocycles. The molecule has 0 bridgehead atoms. The molecule has 1 aromatic rings. The summed E-state index contributed by atoms with van der Waals surface area (Å²) >= 11 is 11.5. The third-order valence-electron chi connectivity index (χ3n) is 2.23. The van der Waals surface area contributed by atoms with Crippen LogP contribution in [0.4, 0.5) is 5.69 Å². The summed E-state index contributed by atoms with van der Waals surface area (Å²) < 4.78 is 21.9. The number of benzene rings is 1. The van der Waals surface area contributed by atoms with Crippen molar-refractivity contribution in [3.05, 3.63) is 37.9 Å². The number of carbonyl (C=O) groups excluding carboxylic acids is 1. The number of nitrogens with zero attached hydrogens (tertiary/aromatic N) is 1. The van der Waals surface area contributed by atoms with Crippen LogP contribution in [-0.2, 0) is 9.84 Å². The van der Waals surface area contributed by atoms with Crippen molar-refractivity contribution in [1.82, 2.24) is 5.32 Å². The van der Waals surface area contributed by atoms with E-state index in [1.54, 1.807) is 0 Å². The van der Waals surface area contributed by atoms with Crippen molar-refractivity contribution < 1.29 is 18.1 Å². The number of nitrogens with one attached hydrogen (secondary N) is 1. The van der Waals surface area contributed by atoms with Gasteiger partial charge >= 0.3 is 0 Å². The molecule has 0 aliphatic carbocycles. The fourth-order valence-electron chi connectivity index (χ4n) is 1.29. The summed E-state index contributed by atoms with van der Waals surface area (Å²) in [4.78, 5) is 21.8. The van der Waals surface area contributed by atoms with E-state index in [-0.39, 0.29) is 33.6 Å². The first-order valence-electron chi connectivity index (χ1n) is 5.21. The second-order valence-corrected chi connectivity index (χ2v) is 6.98. The molecule has 0 saturated heterocycles. The van der Waals surface area contributed by atoms with Crippen LogP contribution >= 0.6 is 23.2 Å². The van der Waals surface area contributed by atoms with Crippen molar-refractivity contribution in [2.45, 2.75) is 0 Å². The van der Waals surface area contributed by atoms with E-state index in [2.05, 4.69) is 5.32 Å². The molecule has 0 aliphatic rings. The van der Waals surface area contributed by atoms with Gasteiger partial charge in [0, 0.05) is 24.9 Å². The molecule has 110 valence electrons. The topological polar surface area (TPSA) is 106 Å². The van der Waals surface area contributed by atoms with Crippen molar-refractivity contribution >= 4 is 44.6 Å². The minimum absolute atomic E-state index is 0.130. The molecule has 0 heterocycles. The number of non-ortho nitro benzene ring substituents is 1. The zero-order valence-electron chi connectivity index (χ0n) is 10.2. The van der Waals surface area contributed by atoms with Gasteiger partial charge < -0.3 is 5.32 Å². The van der Waals surface area contributed by atoms with E-state index in [9.17, 15) is 23.3 Å². The summed E-state index contributed by atoms with van der Waals surface area (Å²) in [6.45, 7) is -0.131. The predicted octanol–water partition coefficient (Wildman–Crippen LogP) is 1.68. The molecule has 1 N–H and O–H groups in total. The quantitative estimate of drug-likeness (QED) is 0.648. The van der Waals surface area contributed by atoms with Crippen LogP contribution in [-0.4, -0.2) is 37.8 Å². The lowest BCUT2D eigenvalue weighted by molar-refractivity contribution is -0.384. The zero-order chi connectivity index (χ0) is 15.5. The maximum Gasteiger partial charge on any atom is 0.271 e. The van der Waals surface area contributed by atoms with E-state index in [4.69, 9.17) is 23.2 Å². The Morgan fingerprint density at radius 3 is 2.50 bits per heavy atom. The molecule has 0 spiro atoms. The molecular formula is C10H10Cl2N2O5S. The first-order valence-corrected chi connectivity index (χ1v) is 8.03. The number of nitro benzene ring substituents is 1. The zero-order valence-corrected chi connectivity index (χ0v) is 12.5. The maximum absolute atomic E-state index is 11.8. The molecule has 1 aromatic carbocycles. The Balaban J connectivity index is 2.95. The van der Waals surface area contributed by atoms with Crippen LogP contribution in [0.1, 0.15) is 10.4 Å². The van der Waals surface area contributed by atoms with Gasteiger partial charge in [-0.15, -0.1) is 0 Å². The van der Waals surface area contributed by atoms with Gasteiger partial charge in [0.25, 0.3) is 11.6 Å². The van der Waals surface area contributed by atoms with Crippen LogP contribution in [0.3, 0.4) is 0 Å². The fourth-order valence-corrected chi connectivity index (χ4v) is 2.17. The molecule has 0 atom stereocenters. The molecule has 0 saturated carbocycles. The highest BCUT2D eigenvalue weighted by atomic mass is 35.5. The number of hydrogen-bond donors (Lipinski definition) is 1. The number of amides is 1. The molecule has 10 heteroatoms. The molecular weight excluding hydrogens is 331 g/mol. The Morgan fingerprint density at radius 2 is 2.00 bits per heavy atom. The van der Waals surface area contributed by atoms with Crippen LogP contribution in [0, 0.1) is 10.1 Å². The van der Waals surface area contributed by atoms with Gasteiger partial charge in [0.2, 0.25) is 0 Å². The van der Waals surface area contributed by atoms with Gasteiger partial charge in [0.15, 0.2) is 0 Å². The highest BCUT2D eigenvalue weighted by Gasteiger charge is 2.19. The van der Waals surface area contributed by atoms with E-state index in [0.717, 1.165) is 18.4 Å². The van der Waals surface area contributed by atoms with E-state index < -0.39 is 20.7 Å². The number of halogens is 2. The van der Waals surface area contributed by atoms with Crippen LogP contribution in [0.2, 0.25) is 10.0 Å². The summed E-state index contributed by atoms with van der Waals surface area (Å²) in [6.07, 6.45) is 1.02. The fraction of sp³-hybridized carbons (Fsp3) is 0.300. The Morgan fingerprint density at radius 1 is 1.40 bits per heavy atom. The molecule has 0 fully saturated rings. The van der Waals surface area contributed by atoms with Crippen molar-refractivity contribution in [2.24, 2.45) is 0 Å². The first-order chi connectivity index (χ1) is 9.11. The van der Waals surface area contributed by atoms with Crippen molar-refractivity contribution in [2.75, 3.05) is 18.6 Å². The Bertz CT molecular complexity index is 660. The molecule has 20 heavy (non-hydrogen) atoms. The van der Waals surface area contributed by atoms with Gasteiger partial charge in [-0.05, 0) is 0 Å². The summed E-state index contributed by atoms with van der Waals surface area (Å²) in [7, 11) is -3.22. The van der Waals surface area contributed by atoms with Gasteiger partial charge in [-0.1, -0.05) is 23.2 Å². The smallest absolute Gasteiger partial charge is 0.271 e. The van der Waals surface area contributed by atoms with Crippen molar-refractivity contribution in [3.63, 3.8) is 0 Å².